The third kappa shape index (κ3) is 3.63. The second-order valence-corrected chi connectivity index (χ2v) is 10.2. The number of ketones is 2. The van der Waals surface area contributed by atoms with E-state index in [1.165, 1.54) is 11.0 Å². The van der Waals surface area contributed by atoms with Gasteiger partial charge in [0.15, 0.2) is 11.4 Å². The molecular weight excluding hydrogens is 504 g/mol. The highest BCUT2D eigenvalue weighted by Gasteiger charge is 2.67. The van der Waals surface area contributed by atoms with Crippen molar-refractivity contribution in [3.05, 3.63) is 94.5 Å². The first-order valence-electron chi connectivity index (χ1n) is 12.2. The number of phenolic OH excluding ortho intramolecular Hbond substituents is 1. The summed E-state index contributed by atoms with van der Waals surface area (Å²) < 4.78 is 6.35. The van der Waals surface area contributed by atoms with Gasteiger partial charge < -0.3 is 30.9 Å². The van der Waals surface area contributed by atoms with E-state index in [-0.39, 0.29) is 23.5 Å². The van der Waals surface area contributed by atoms with Crippen LogP contribution in [0.2, 0.25) is 0 Å². The van der Waals surface area contributed by atoms with Crippen LogP contribution in [0.15, 0.2) is 77.8 Å². The number of Topliss-reactive ketones (excluding diaryl/α,β-unsaturated/α-hetero) is 2. The minimum absolute atomic E-state index is 0.0154. The number of benzene rings is 2. The van der Waals surface area contributed by atoms with Crippen LogP contribution < -0.4 is 5.73 Å². The number of rotatable bonds is 5. The molecule has 0 saturated carbocycles. The lowest BCUT2D eigenvalue weighted by atomic mass is 9.56. The number of amides is 1. The zero-order valence-electron chi connectivity index (χ0n) is 21.3. The second kappa shape index (κ2) is 9.19. The van der Waals surface area contributed by atoms with Gasteiger partial charge in [0, 0.05) is 5.92 Å². The van der Waals surface area contributed by atoms with Gasteiger partial charge in [-0.1, -0.05) is 49.0 Å². The molecule has 3 aliphatic rings. The molecule has 2 aromatic carbocycles. The Bertz CT molecular complexity index is 1490. The molecule has 0 fully saturated rings. The largest absolute Gasteiger partial charge is 0.510 e. The minimum atomic E-state index is -2.86. The molecule has 0 unspecified atom stereocenters. The fraction of sp³-hybridized carbons (Fsp3) is 0.276. The van der Waals surface area contributed by atoms with Gasteiger partial charge >= 0.3 is 0 Å². The highest BCUT2D eigenvalue weighted by molar-refractivity contribution is 6.25. The summed E-state index contributed by atoms with van der Waals surface area (Å²) in [5.74, 6) is -8.00. The molecule has 0 heterocycles. The van der Waals surface area contributed by atoms with Gasteiger partial charge in [0.05, 0.1) is 35.8 Å². The van der Waals surface area contributed by atoms with E-state index in [2.05, 4.69) is 6.58 Å². The number of aliphatic hydroxyl groups is 3. The number of nitrogens with zero attached hydrogens (tertiary/aromatic N) is 1. The fourth-order valence-corrected chi connectivity index (χ4v) is 6.15. The summed E-state index contributed by atoms with van der Waals surface area (Å²) in [6, 6.07) is 12.2. The van der Waals surface area contributed by atoms with Gasteiger partial charge in [-0.2, -0.15) is 0 Å². The average molecular weight is 533 g/mol. The van der Waals surface area contributed by atoms with Crippen molar-refractivity contribution in [1.82, 2.24) is 4.90 Å². The van der Waals surface area contributed by atoms with E-state index in [9.17, 15) is 34.8 Å². The Balaban J connectivity index is 1.80. The summed E-state index contributed by atoms with van der Waals surface area (Å²) in [7, 11) is 3.10. The predicted octanol–water partition coefficient (Wildman–Crippen LogP) is 1.79. The van der Waals surface area contributed by atoms with Crippen LogP contribution >= 0.6 is 0 Å². The van der Waals surface area contributed by atoms with E-state index in [0.29, 0.717) is 11.1 Å². The number of primary amides is 1. The Hall–Kier alpha value is -4.25. The third-order valence-corrected chi connectivity index (χ3v) is 7.87. The number of phenols is 1. The minimum Gasteiger partial charge on any atom is -0.510 e. The van der Waals surface area contributed by atoms with Crippen LogP contribution in [0, 0.1) is 11.8 Å². The molecule has 10 heteroatoms. The van der Waals surface area contributed by atoms with Crippen molar-refractivity contribution in [3.8, 4) is 5.75 Å². The summed E-state index contributed by atoms with van der Waals surface area (Å²) in [4.78, 5) is 41.2. The number of hydrogen-bond donors (Lipinski definition) is 5. The molecule has 1 amide bonds. The fourth-order valence-electron chi connectivity index (χ4n) is 6.15. The van der Waals surface area contributed by atoms with Crippen molar-refractivity contribution in [2.75, 3.05) is 14.1 Å². The van der Waals surface area contributed by atoms with Crippen LogP contribution in [-0.4, -0.2) is 74.6 Å². The summed E-state index contributed by atoms with van der Waals surface area (Å²) in [6.45, 7) is 4.13. The number of likely N-dealkylation sites (N-methyl/N-ethyl adjacent to an activating group) is 1. The number of hydrogen-bond acceptors (Lipinski definition) is 9. The molecule has 39 heavy (non-hydrogen) atoms. The van der Waals surface area contributed by atoms with Gasteiger partial charge in [-0.3, -0.25) is 19.3 Å². The van der Waals surface area contributed by atoms with Gasteiger partial charge in [0.25, 0.3) is 5.91 Å². The van der Waals surface area contributed by atoms with Crippen molar-refractivity contribution in [3.63, 3.8) is 0 Å². The summed E-state index contributed by atoms with van der Waals surface area (Å²) >= 11 is 0. The maximum atomic E-state index is 13.8. The number of aromatic hydroxyl groups is 1. The SMILES string of the molecule is C=C1c2cccc(O)c2C(=O)C2=C(O)[C@]3(O)C(=O)C(C(N)=O)=C(O)[C@H](N(C)C)[C@H]3[C@H](OCc3ccccc3)[C@H]12. The number of carbonyl (C=O) groups excluding carboxylic acids is 3. The Labute approximate surface area is 223 Å². The molecule has 0 aromatic heterocycles. The van der Waals surface area contributed by atoms with E-state index in [1.54, 1.807) is 50.5 Å². The normalized spacial score (nSPS) is 28.4. The van der Waals surface area contributed by atoms with Gasteiger partial charge in [-0.25, -0.2) is 0 Å². The Morgan fingerprint density at radius 2 is 1.74 bits per heavy atom. The number of nitrogens with two attached hydrogens (primary N) is 1. The summed E-state index contributed by atoms with van der Waals surface area (Å²) in [6.07, 6.45) is -1.21. The molecule has 202 valence electrons. The molecule has 6 N–H and O–H groups in total. The number of ether oxygens (including phenoxy) is 1. The van der Waals surface area contributed by atoms with Gasteiger partial charge in [-0.15, -0.1) is 0 Å². The van der Waals surface area contributed by atoms with Crippen molar-refractivity contribution in [1.29, 1.82) is 0 Å². The molecule has 5 rings (SSSR count). The van der Waals surface area contributed by atoms with Crippen LogP contribution in [-0.2, 0) is 20.9 Å². The van der Waals surface area contributed by atoms with Crippen LogP contribution in [0.3, 0.4) is 0 Å². The highest BCUT2D eigenvalue weighted by atomic mass is 16.5. The van der Waals surface area contributed by atoms with Crippen molar-refractivity contribution < 1.29 is 39.5 Å². The van der Waals surface area contributed by atoms with Crippen molar-refractivity contribution in [2.45, 2.75) is 24.4 Å². The molecular formula is C29H28N2O8. The van der Waals surface area contributed by atoms with Crippen molar-refractivity contribution >= 4 is 23.0 Å². The van der Waals surface area contributed by atoms with Crippen LogP contribution in [0.25, 0.3) is 5.57 Å². The van der Waals surface area contributed by atoms with Crippen LogP contribution in [0.4, 0.5) is 0 Å². The highest BCUT2D eigenvalue weighted by Crippen LogP contribution is 2.55. The topological polar surface area (TPSA) is 171 Å². The molecule has 0 spiro atoms. The van der Waals surface area contributed by atoms with Crippen LogP contribution in [0.5, 0.6) is 5.75 Å². The van der Waals surface area contributed by atoms with Gasteiger partial charge in [0.2, 0.25) is 5.78 Å². The van der Waals surface area contributed by atoms with Crippen LogP contribution in [0.1, 0.15) is 21.5 Å². The van der Waals surface area contributed by atoms with Gasteiger partial charge in [0.1, 0.15) is 22.8 Å². The van der Waals surface area contributed by atoms with E-state index in [1.807, 2.05) is 6.07 Å². The number of aliphatic hydroxyl groups excluding tert-OH is 2. The molecule has 10 nitrogen and oxygen atoms in total. The molecule has 0 radical (unpaired) electrons. The van der Waals surface area contributed by atoms with Gasteiger partial charge in [-0.05, 0) is 36.9 Å². The van der Waals surface area contributed by atoms with E-state index >= 15 is 0 Å². The van der Waals surface area contributed by atoms with E-state index < -0.39 is 64.1 Å². The summed E-state index contributed by atoms with van der Waals surface area (Å²) in [5.41, 5.74) is 2.50. The zero-order valence-corrected chi connectivity index (χ0v) is 21.3. The average Bonchev–Trinajstić information content (AvgIpc) is 2.88. The molecule has 2 aromatic rings. The lowest BCUT2D eigenvalue weighted by molar-refractivity contribution is -0.167. The first-order valence-corrected chi connectivity index (χ1v) is 12.2. The molecule has 3 aliphatic carbocycles. The lowest BCUT2D eigenvalue weighted by Crippen LogP contribution is -2.68. The number of fused-ring (bicyclic) bond motifs is 3. The Kier molecular flexibility index (Phi) is 6.21. The van der Waals surface area contributed by atoms with E-state index in [0.717, 1.165) is 5.56 Å². The van der Waals surface area contributed by atoms with Crippen molar-refractivity contribution in [2.24, 2.45) is 17.6 Å². The number of carbonyl (C=O) groups is 3. The standard InChI is InChI=1S/C29H28N2O8/c1-13-15-10-7-11-16(32)18(15)23(33)19-17(13)25(39-12-14-8-5-4-6-9-14)21-22(31(2)3)24(34)20(28(30)37)27(36)29(21,38)26(19)35/h4-11,17,21-22,25,32,34-35,38H,1,12H2,2-3H3,(H2,30,37)/t17-,21+,22-,25-,29+/m1/s1. The lowest BCUT2D eigenvalue weighted by Gasteiger charge is -2.53. The molecule has 5 atom stereocenters. The Morgan fingerprint density at radius 3 is 2.36 bits per heavy atom. The predicted molar refractivity (Wildman–Crippen MR) is 139 cm³/mol. The molecule has 0 bridgehead atoms. The molecule has 0 saturated heterocycles. The first kappa shape index (κ1) is 26.4. The second-order valence-electron chi connectivity index (χ2n) is 10.2. The summed E-state index contributed by atoms with van der Waals surface area (Å²) in [5, 5.41) is 45.2. The Morgan fingerprint density at radius 1 is 1.08 bits per heavy atom. The van der Waals surface area contributed by atoms with E-state index in [4.69, 9.17) is 10.5 Å². The maximum absolute atomic E-state index is 13.8. The zero-order chi connectivity index (χ0) is 28.4. The third-order valence-electron chi connectivity index (χ3n) is 7.87. The molecule has 0 aliphatic heterocycles. The quantitative estimate of drug-likeness (QED) is 0.360. The monoisotopic (exact) mass is 532 g/mol. The first-order chi connectivity index (χ1) is 18.4. The maximum Gasteiger partial charge on any atom is 0.255 e. The smallest absolute Gasteiger partial charge is 0.255 e.